The Balaban J connectivity index is 2.21. The predicted molar refractivity (Wildman–Crippen MR) is 81.9 cm³/mol. The number of carbonyl (C=O) groups excluding carboxylic acids is 1. The number of carbonyl (C=O) groups is 1. The largest absolute Gasteiger partial charge is 0.456 e. The number of nitrogens with one attached hydrogen (secondary N) is 1. The maximum absolute atomic E-state index is 11.1. The Morgan fingerprint density at radius 1 is 1.30 bits per heavy atom. The Hall–Kier alpha value is -1.85. The van der Waals surface area contributed by atoms with Gasteiger partial charge in [0.1, 0.15) is 11.5 Å². The second-order valence-electron chi connectivity index (χ2n) is 4.29. The van der Waals surface area contributed by atoms with Crippen LogP contribution in [-0.4, -0.2) is 13.0 Å². The third-order valence-corrected chi connectivity index (χ3v) is 3.34. The van der Waals surface area contributed by atoms with E-state index in [1.165, 1.54) is 0 Å². The van der Waals surface area contributed by atoms with E-state index >= 15 is 0 Å². The number of hydrogen-bond donors (Lipinski definition) is 2. The molecular formula is C15H15BrN2O2. The van der Waals surface area contributed by atoms with Crippen LogP contribution in [0.3, 0.4) is 0 Å². The number of benzene rings is 2. The van der Waals surface area contributed by atoms with Crippen LogP contribution in [0.15, 0.2) is 46.9 Å². The first-order valence-electron chi connectivity index (χ1n) is 6.11. The van der Waals surface area contributed by atoms with Crippen LogP contribution in [0, 0.1) is 0 Å². The van der Waals surface area contributed by atoms with Gasteiger partial charge in [0.05, 0.1) is 4.47 Å². The van der Waals surface area contributed by atoms with Crippen molar-refractivity contribution < 1.29 is 9.53 Å². The summed E-state index contributed by atoms with van der Waals surface area (Å²) >= 11 is 3.38. The Morgan fingerprint density at radius 2 is 2.10 bits per heavy atom. The summed E-state index contributed by atoms with van der Waals surface area (Å²) in [7, 11) is 1.90. The maximum atomic E-state index is 11.1. The van der Waals surface area contributed by atoms with Gasteiger partial charge in [-0.25, -0.2) is 0 Å². The molecule has 0 unspecified atom stereocenters. The van der Waals surface area contributed by atoms with Gasteiger partial charge in [0.15, 0.2) is 0 Å². The zero-order valence-electron chi connectivity index (χ0n) is 11.0. The second-order valence-corrected chi connectivity index (χ2v) is 5.14. The van der Waals surface area contributed by atoms with Gasteiger partial charge in [-0.05, 0) is 58.9 Å². The molecule has 0 saturated carbocycles. The monoisotopic (exact) mass is 334 g/mol. The molecule has 4 nitrogen and oxygen atoms in total. The summed E-state index contributed by atoms with van der Waals surface area (Å²) in [4.78, 5) is 11.1. The number of amides is 1. The van der Waals surface area contributed by atoms with Crippen molar-refractivity contribution in [1.82, 2.24) is 5.32 Å². The lowest BCUT2D eigenvalue weighted by Crippen LogP contribution is -2.10. The minimum atomic E-state index is -0.465. The van der Waals surface area contributed by atoms with Crippen molar-refractivity contribution in [2.24, 2.45) is 5.73 Å². The molecule has 2 aromatic rings. The standard InChI is InChI=1S/C15H15BrN2O2/c1-18-9-10-3-2-4-12(7-10)20-14-6-5-11(15(17)19)8-13(14)16/h2-8,18H,9H2,1H3,(H2,17,19). The fourth-order valence-electron chi connectivity index (χ4n) is 1.79. The van der Waals surface area contributed by atoms with E-state index in [2.05, 4.69) is 21.2 Å². The molecule has 104 valence electrons. The van der Waals surface area contributed by atoms with Gasteiger partial charge in [-0.3, -0.25) is 4.79 Å². The van der Waals surface area contributed by atoms with Crippen molar-refractivity contribution in [3.63, 3.8) is 0 Å². The zero-order valence-corrected chi connectivity index (χ0v) is 12.6. The van der Waals surface area contributed by atoms with Gasteiger partial charge in [0.25, 0.3) is 0 Å². The van der Waals surface area contributed by atoms with Crippen molar-refractivity contribution >= 4 is 21.8 Å². The third kappa shape index (κ3) is 3.59. The number of halogens is 1. The summed E-state index contributed by atoms with van der Waals surface area (Å²) < 4.78 is 6.49. The van der Waals surface area contributed by atoms with Crippen LogP contribution in [0.2, 0.25) is 0 Å². The van der Waals surface area contributed by atoms with Crippen LogP contribution in [0.25, 0.3) is 0 Å². The van der Waals surface area contributed by atoms with Crippen molar-refractivity contribution in [3.8, 4) is 11.5 Å². The van der Waals surface area contributed by atoms with E-state index in [0.717, 1.165) is 17.9 Å². The van der Waals surface area contributed by atoms with E-state index in [1.807, 2.05) is 31.3 Å². The summed E-state index contributed by atoms with van der Waals surface area (Å²) in [5, 5.41) is 3.09. The lowest BCUT2D eigenvalue weighted by atomic mass is 10.2. The van der Waals surface area contributed by atoms with Crippen LogP contribution in [0.1, 0.15) is 15.9 Å². The van der Waals surface area contributed by atoms with Crippen molar-refractivity contribution in [1.29, 1.82) is 0 Å². The summed E-state index contributed by atoms with van der Waals surface area (Å²) in [6.45, 7) is 0.777. The fraction of sp³-hybridized carbons (Fsp3) is 0.133. The average Bonchev–Trinajstić information content (AvgIpc) is 2.42. The first-order valence-corrected chi connectivity index (χ1v) is 6.90. The molecule has 0 atom stereocenters. The Bertz CT molecular complexity index is 629. The highest BCUT2D eigenvalue weighted by Crippen LogP contribution is 2.30. The molecule has 0 radical (unpaired) electrons. The van der Waals surface area contributed by atoms with Gasteiger partial charge in [-0.15, -0.1) is 0 Å². The van der Waals surface area contributed by atoms with Crippen molar-refractivity contribution in [2.45, 2.75) is 6.54 Å². The third-order valence-electron chi connectivity index (χ3n) is 2.72. The smallest absolute Gasteiger partial charge is 0.248 e. The molecular weight excluding hydrogens is 320 g/mol. The molecule has 0 aliphatic rings. The van der Waals surface area contributed by atoms with Crippen molar-refractivity contribution in [3.05, 3.63) is 58.1 Å². The topological polar surface area (TPSA) is 64.3 Å². The minimum Gasteiger partial charge on any atom is -0.456 e. The van der Waals surface area contributed by atoms with Crippen molar-refractivity contribution in [2.75, 3.05) is 7.05 Å². The molecule has 0 aliphatic heterocycles. The normalized spacial score (nSPS) is 10.3. The quantitative estimate of drug-likeness (QED) is 0.883. The molecule has 0 heterocycles. The van der Waals surface area contributed by atoms with Crippen LogP contribution >= 0.6 is 15.9 Å². The van der Waals surface area contributed by atoms with E-state index in [0.29, 0.717) is 15.8 Å². The highest BCUT2D eigenvalue weighted by molar-refractivity contribution is 9.10. The number of nitrogens with two attached hydrogens (primary N) is 1. The van der Waals surface area contributed by atoms with Crippen LogP contribution in [0.4, 0.5) is 0 Å². The lowest BCUT2D eigenvalue weighted by molar-refractivity contribution is 0.1000. The highest BCUT2D eigenvalue weighted by atomic mass is 79.9. The molecule has 0 fully saturated rings. The van der Waals surface area contributed by atoms with Crippen LogP contribution in [-0.2, 0) is 6.54 Å². The van der Waals surface area contributed by atoms with Gasteiger partial charge in [0.2, 0.25) is 5.91 Å². The summed E-state index contributed by atoms with van der Waals surface area (Å²) in [5.41, 5.74) is 6.80. The summed E-state index contributed by atoms with van der Waals surface area (Å²) in [6.07, 6.45) is 0. The number of rotatable bonds is 5. The molecule has 20 heavy (non-hydrogen) atoms. The van der Waals surface area contributed by atoms with E-state index in [-0.39, 0.29) is 0 Å². The highest BCUT2D eigenvalue weighted by Gasteiger charge is 2.07. The lowest BCUT2D eigenvalue weighted by Gasteiger charge is -2.10. The zero-order chi connectivity index (χ0) is 14.5. The fourth-order valence-corrected chi connectivity index (χ4v) is 2.25. The maximum Gasteiger partial charge on any atom is 0.248 e. The first-order chi connectivity index (χ1) is 9.60. The molecule has 5 heteroatoms. The number of hydrogen-bond acceptors (Lipinski definition) is 3. The predicted octanol–water partition coefficient (Wildman–Crippen LogP) is 3.06. The molecule has 0 aromatic heterocycles. The van der Waals surface area contributed by atoms with Gasteiger partial charge in [-0.1, -0.05) is 12.1 Å². The van der Waals surface area contributed by atoms with Gasteiger partial charge >= 0.3 is 0 Å². The molecule has 2 rings (SSSR count). The second kappa shape index (κ2) is 6.54. The number of ether oxygens (including phenoxy) is 1. The van der Waals surface area contributed by atoms with Crippen LogP contribution < -0.4 is 15.8 Å². The van der Waals surface area contributed by atoms with E-state index < -0.39 is 5.91 Å². The molecule has 3 N–H and O–H groups in total. The molecule has 0 bridgehead atoms. The average molecular weight is 335 g/mol. The van der Waals surface area contributed by atoms with Gasteiger partial charge < -0.3 is 15.8 Å². The van der Waals surface area contributed by atoms with E-state index in [1.54, 1.807) is 18.2 Å². The molecule has 0 spiro atoms. The summed E-state index contributed by atoms with van der Waals surface area (Å²) in [6, 6.07) is 12.8. The molecule has 0 saturated heterocycles. The van der Waals surface area contributed by atoms with Gasteiger partial charge in [0, 0.05) is 12.1 Å². The van der Waals surface area contributed by atoms with Gasteiger partial charge in [-0.2, -0.15) is 0 Å². The molecule has 0 aliphatic carbocycles. The minimum absolute atomic E-state index is 0.438. The Morgan fingerprint density at radius 3 is 2.75 bits per heavy atom. The van der Waals surface area contributed by atoms with E-state index in [9.17, 15) is 4.79 Å². The van der Waals surface area contributed by atoms with Crippen LogP contribution in [0.5, 0.6) is 11.5 Å². The summed E-state index contributed by atoms with van der Waals surface area (Å²) in [5.74, 6) is 0.912. The van der Waals surface area contributed by atoms with E-state index in [4.69, 9.17) is 10.5 Å². The molecule has 1 amide bonds. The Kier molecular flexibility index (Phi) is 4.76. The molecule has 2 aromatic carbocycles. The first kappa shape index (κ1) is 14.6. The SMILES string of the molecule is CNCc1cccc(Oc2ccc(C(N)=O)cc2Br)c1. The number of primary amides is 1. The Labute approximate surface area is 126 Å².